The van der Waals surface area contributed by atoms with Gasteiger partial charge in [-0.05, 0) is 51.7 Å². The molecule has 0 aromatic carbocycles. The van der Waals surface area contributed by atoms with Crippen molar-refractivity contribution in [1.82, 2.24) is 0 Å². The quantitative estimate of drug-likeness (QED) is 0.550. The smallest absolute Gasteiger partial charge is 0.311 e. The van der Waals surface area contributed by atoms with Crippen LogP contribution in [-0.2, 0) is 18.7 Å². The van der Waals surface area contributed by atoms with Crippen LogP contribution in [0.2, 0.25) is 18.1 Å². The molecule has 0 aromatic heterocycles. The van der Waals surface area contributed by atoms with E-state index < -0.39 is 8.32 Å². The molecule has 0 N–H and O–H groups in total. The second-order valence-corrected chi connectivity index (χ2v) is 15.2. The first-order valence-corrected chi connectivity index (χ1v) is 12.1. The monoisotopic (exact) mass is 356 g/mol. The van der Waals surface area contributed by atoms with Crippen LogP contribution in [-0.4, -0.2) is 38.7 Å². The predicted molar refractivity (Wildman–Crippen MR) is 98.5 cm³/mol. The van der Waals surface area contributed by atoms with Gasteiger partial charge < -0.3 is 13.9 Å². The number of rotatable bonds is 3. The SMILES string of the molecule is CC(C)(C)O[C@H]1C[C@H]2C(=O)OC[C@]1(C)C[C@H]2O[Si](C)(C)C(C)(C)C. The van der Waals surface area contributed by atoms with Crippen molar-refractivity contribution < 1.29 is 18.7 Å². The first-order valence-electron chi connectivity index (χ1n) is 9.17. The molecule has 3 aliphatic rings. The Balaban J connectivity index is 2.25. The van der Waals surface area contributed by atoms with Crippen LogP contribution in [0.3, 0.4) is 0 Å². The summed E-state index contributed by atoms with van der Waals surface area (Å²) in [6.07, 6.45) is 1.52. The number of hydrogen-bond donors (Lipinski definition) is 0. The standard InChI is InChI=1S/C19H36O4Si/c1-17(2,3)22-15-10-13-14(23-24(8,9)18(4,5)6)11-19(15,7)12-21-16(13)20/h13-15H,10-12H2,1-9H3/t13-,14-,15+,19+/m1/s1. The molecule has 4 nitrogen and oxygen atoms in total. The summed E-state index contributed by atoms with van der Waals surface area (Å²) in [5.74, 6) is -0.315. The maximum atomic E-state index is 12.5. The van der Waals surface area contributed by atoms with Gasteiger partial charge in [-0.2, -0.15) is 0 Å². The normalized spacial score (nSPS) is 34.9. The van der Waals surface area contributed by atoms with Gasteiger partial charge in [0.2, 0.25) is 0 Å². The van der Waals surface area contributed by atoms with E-state index in [2.05, 4.69) is 61.6 Å². The fraction of sp³-hybridized carbons (Fsp3) is 0.947. The van der Waals surface area contributed by atoms with Gasteiger partial charge >= 0.3 is 5.97 Å². The van der Waals surface area contributed by atoms with Gasteiger partial charge in [0.05, 0.1) is 30.3 Å². The van der Waals surface area contributed by atoms with Crippen molar-refractivity contribution >= 4 is 14.3 Å². The van der Waals surface area contributed by atoms with E-state index in [1.165, 1.54) is 0 Å². The lowest BCUT2D eigenvalue weighted by Gasteiger charge is -2.48. The zero-order valence-corrected chi connectivity index (χ0v) is 18.0. The summed E-state index contributed by atoms with van der Waals surface area (Å²) in [4.78, 5) is 12.5. The van der Waals surface area contributed by atoms with Crippen molar-refractivity contribution in [2.24, 2.45) is 11.3 Å². The third kappa shape index (κ3) is 4.05. The molecular weight excluding hydrogens is 320 g/mol. The van der Waals surface area contributed by atoms with E-state index in [1.54, 1.807) is 0 Å². The van der Waals surface area contributed by atoms with E-state index in [1.807, 2.05) is 0 Å². The lowest BCUT2D eigenvalue weighted by Crippen LogP contribution is -2.54. The van der Waals surface area contributed by atoms with Crippen molar-refractivity contribution in [2.45, 2.75) is 97.2 Å². The summed E-state index contributed by atoms with van der Waals surface area (Å²) in [6, 6.07) is 0. The lowest BCUT2D eigenvalue weighted by atomic mass is 9.69. The van der Waals surface area contributed by atoms with Crippen molar-refractivity contribution in [3.63, 3.8) is 0 Å². The van der Waals surface area contributed by atoms with E-state index in [9.17, 15) is 4.79 Å². The van der Waals surface area contributed by atoms with Crippen LogP contribution in [0.4, 0.5) is 0 Å². The highest BCUT2D eigenvalue weighted by molar-refractivity contribution is 6.74. The Morgan fingerprint density at radius 2 is 1.75 bits per heavy atom. The molecule has 2 heterocycles. The number of ether oxygens (including phenoxy) is 2. The van der Waals surface area contributed by atoms with Gasteiger partial charge in [-0.3, -0.25) is 4.79 Å². The number of carbonyl (C=O) groups is 1. The molecule has 4 atom stereocenters. The van der Waals surface area contributed by atoms with E-state index in [4.69, 9.17) is 13.9 Å². The summed E-state index contributed by atoms with van der Waals surface area (Å²) in [7, 11) is -1.93. The van der Waals surface area contributed by atoms with Crippen molar-refractivity contribution in [3.8, 4) is 0 Å². The fourth-order valence-electron chi connectivity index (χ4n) is 3.44. The largest absolute Gasteiger partial charge is 0.465 e. The number of fused-ring (bicyclic) bond motifs is 4. The molecule has 3 rings (SSSR count). The van der Waals surface area contributed by atoms with Gasteiger partial charge in [0.1, 0.15) is 0 Å². The van der Waals surface area contributed by atoms with Gasteiger partial charge in [-0.1, -0.05) is 27.7 Å². The van der Waals surface area contributed by atoms with Gasteiger partial charge in [-0.25, -0.2) is 0 Å². The Morgan fingerprint density at radius 1 is 1.17 bits per heavy atom. The average Bonchev–Trinajstić information content (AvgIpc) is 2.53. The topological polar surface area (TPSA) is 44.8 Å². The van der Waals surface area contributed by atoms with Gasteiger partial charge in [0, 0.05) is 5.41 Å². The van der Waals surface area contributed by atoms with E-state index in [-0.39, 0.29) is 40.1 Å². The minimum Gasteiger partial charge on any atom is -0.465 e. The fourth-order valence-corrected chi connectivity index (χ4v) is 4.80. The first-order chi connectivity index (χ1) is 10.6. The molecule has 24 heavy (non-hydrogen) atoms. The van der Waals surface area contributed by atoms with Crippen LogP contribution in [0.25, 0.3) is 0 Å². The Bertz CT molecular complexity index is 489. The third-order valence-electron chi connectivity index (χ3n) is 5.96. The van der Waals surface area contributed by atoms with Crippen LogP contribution >= 0.6 is 0 Å². The number of hydrogen-bond acceptors (Lipinski definition) is 4. The molecule has 0 aromatic rings. The lowest BCUT2D eigenvalue weighted by molar-refractivity contribution is -0.154. The molecular formula is C19H36O4Si. The van der Waals surface area contributed by atoms with Gasteiger partial charge in [0.25, 0.3) is 0 Å². The Hall–Kier alpha value is -0.393. The molecule has 0 spiro atoms. The van der Waals surface area contributed by atoms with Crippen LogP contribution in [0, 0.1) is 11.3 Å². The Kier molecular flexibility index (Phi) is 5.06. The maximum absolute atomic E-state index is 12.5. The van der Waals surface area contributed by atoms with E-state index in [0.717, 1.165) is 6.42 Å². The molecule has 1 aliphatic carbocycles. The maximum Gasteiger partial charge on any atom is 0.311 e. The molecule has 2 bridgehead atoms. The number of esters is 1. The van der Waals surface area contributed by atoms with Crippen LogP contribution in [0.5, 0.6) is 0 Å². The molecule has 1 saturated carbocycles. The Morgan fingerprint density at radius 3 is 2.25 bits per heavy atom. The molecule has 3 fully saturated rings. The minimum absolute atomic E-state index is 0.0354. The zero-order valence-electron chi connectivity index (χ0n) is 17.0. The third-order valence-corrected chi connectivity index (χ3v) is 10.5. The highest BCUT2D eigenvalue weighted by Crippen LogP contribution is 2.49. The molecule has 2 aliphatic heterocycles. The van der Waals surface area contributed by atoms with E-state index in [0.29, 0.717) is 13.0 Å². The molecule has 140 valence electrons. The molecule has 0 amide bonds. The van der Waals surface area contributed by atoms with Crippen molar-refractivity contribution in [3.05, 3.63) is 0 Å². The average molecular weight is 357 g/mol. The predicted octanol–water partition coefficient (Wildman–Crippen LogP) is 4.53. The molecule has 2 saturated heterocycles. The van der Waals surface area contributed by atoms with Crippen LogP contribution in [0.15, 0.2) is 0 Å². The van der Waals surface area contributed by atoms with Crippen LogP contribution < -0.4 is 0 Å². The van der Waals surface area contributed by atoms with Gasteiger partial charge in [-0.15, -0.1) is 0 Å². The summed E-state index contributed by atoms with van der Waals surface area (Å²) >= 11 is 0. The highest BCUT2D eigenvalue weighted by atomic mass is 28.4. The van der Waals surface area contributed by atoms with Crippen molar-refractivity contribution in [2.75, 3.05) is 6.61 Å². The van der Waals surface area contributed by atoms with Gasteiger partial charge in [0.15, 0.2) is 8.32 Å². The van der Waals surface area contributed by atoms with Crippen molar-refractivity contribution in [1.29, 1.82) is 0 Å². The number of carbonyl (C=O) groups excluding carboxylic acids is 1. The second kappa shape index (κ2) is 6.10. The summed E-state index contributed by atoms with van der Waals surface area (Å²) in [5.41, 5.74) is -0.403. The second-order valence-electron chi connectivity index (χ2n) is 10.4. The summed E-state index contributed by atoms with van der Waals surface area (Å²) in [6.45, 7) is 20.0. The molecule has 0 radical (unpaired) electrons. The van der Waals surface area contributed by atoms with E-state index >= 15 is 0 Å². The molecule has 0 unspecified atom stereocenters. The highest BCUT2D eigenvalue weighted by Gasteiger charge is 2.55. The van der Waals surface area contributed by atoms with Crippen LogP contribution in [0.1, 0.15) is 61.3 Å². The zero-order chi connectivity index (χ0) is 18.6. The Labute approximate surface area is 148 Å². The first kappa shape index (κ1) is 19.9. The molecule has 5 heteroatoms. The summed E-state index contributed by atoms with van der Waals surface area (Å²) in [5, 5.41) is 0.130. The minimum atomic E-state index is -1.93. The summed E-state index contributed by atoms with van der Waals surface area (Å²) < 4.78 is 18.6.